The highest BCUT2D eigenvalue weighted by molar-refractivity contribution is 5.98. The van der Waals surface area contributed by atoms with Gasteiger partial charge in [-0.3, -0.25) is 14.4 Å². The molecule has 0 bridgehead atoms. The van der Waals surface area contributed by atoms with Gasteiger partial charge in [0.25, 0.3) is 5.91 Å². The zero-order valence-corrected chi connectivity index (χ0v) is 14.4. The third-order valence-corrected chi connectivity index (χ3v) is 4.45. The Hall–Kier alpha value is -3.03. The summed E-state index contributed by atoms with van der Waals surface area (Å²) in [6.45, 7) is 1.90. The minimum absolute atomic E-state index is 0.0728. The van der Waals surface area contributed by atoms with E-state index < -0.39 is 23.7 Å². The number of fused-ring (bicyclic) bond motifs is 1. The number of carbonyl (C=O) groups excluding carboxylic acids is 3. The van der Waals surface area contributed by atoms with E-state index >= 15 is 0 Å². The van der Waals surface area contributed by atoms with Crippen LogP contribution in [-0.2, 0) is 14.3 Å². The van der Waals surface area contributed by atoms with Gasteiger partial charge in [-0.05, 0) is 19.1 Å². The topological polar surface area (TPSA) is 79.8 Å². The zero-order valence-electron chi connectivity index (χ0n) is 14.4. The van der Waals surface area contributed by atoms with E-state index in [1.165, 1.54) is 29.0 Å². The molecule has 0 radical (unpaired) electrons. The number of nitrogens with zero attached hydrogens (tertiary/aromatic N) is 3. The SMILES string of the molecule is COC(=O)CN1CCN(C(=O)c2ccc3cccc(F)c3n2)C(C)C1=O. The molecule has 1 aromatic heterocycles. The fourth-order valence-electron chi connectivity index (χ4n) is 2.96. The van der Waals surface area contributed by atoms with Crippen LogP contribution in [0, 0.1) is 5.82 Å². The minimum atomic E-state index is -0.751. The fourth-order valence-corrected chi connectivity index (χ4v) is 2.96. The van der Waals surface area contributed by atoms with Gasteiger partial charge in [0, 0.05) is 18.5 Å². The second kappa shape index (κ2) is 7.07. The van der Waals surface area contributed by atoms with Crippen molar-refractivity contribution in [3.05, 3.63) is 41.8 Å². The minimum Gasteiger partial charge on any atom is -0.468 e. The maximum atomic E-state index is 13.9. The molecule has 0 N–H and O–H groups in total. The van der Waals surface area contributed by atoms with E-state index in [0.717, 1.165) is 0 Å². The van der Waals surface area contributed by atoms with Crippen LogP contribution in [0.2, 0.25) is 0 Å². The molecule has 0 spiro atoms. The van der Waals surface area contributed by atoms with E-state index in [4.69, 9.17) is 0 Å². The van der Waals surface area contributed by atoms with Crippen molar-refractivity contribution in [3.63, 3.8) is 0 Å². The molecule has 1 aliphatic heterocycles. The smallest absolute Gasteiger partial charge is 0.325 e. The van der Waals surface area contributed by atoms with Crippen LogP contribution in [0.1, 0.15) is 17.4 Å². The third kappa shape index (κ3) is 3.22. The highest BCUT2D eigenvalue weighted by Crippen LogP contribution is 2.19. The van der Waals surface area contributed by atoms with Crippen molar-refractivity contribution in [2.75, 3.05) is 26.7 Å². The lowest BCUT2D eigenvalue weighted by molar-refractivity contribution is -0.150. The van der Waals surface area contributed by atoms with Gasteiger partial charge in [0.1, 0.15) is 29.6 Å². The van der Waals surface area contributed by atoms with Crippen molar-refractivity contribution >= 4 is 28.7 Å². The standard InChI is InChI=1S/C18H18FN3O4/c1-11-17(24)21(10-15(23)26-2)8-9-22(11)18(25)14-7-6-12-4-3-5-13(19)16(12)20-14/h3-7,11H,8-10H2,1-2H3. The summed E-state index contributed by atoms with van der Waals surface area (Å²) in [6, 6.07) is 6.95. The molecule has 1 aliphatic rings. The van der Waals surface area contributed by atoms with Gasteiger partial charge in [0.15, 0.2) is 0 Å². The maximum absolute atomic E-state index is 13.9. The molecule has 1 aromatic carbocycles. The van der Waals surface area contributed by atoms with Crippen LogP contribution in [0.4, 0.5) is 4.39 Å². The Balaban J connectivity index is 1.81. The van der Waals surface area contributed by atoms with Crippen LogP contribution in [0.15, 0.2) is 30.3 Å². The Labute approximate surface area is 149 Å². The Morgan fingerprint density at radius 2 is 2.04 bits per heavy atom. The number of benzene rings is 1. The second-order valence-corrected chi connectivity index (χ2v) is 6.02. The highest BCUT2D eigenvalue weighted by Gasteiger charge is 2.36. The van der Waals surface area contributed by atoms with Gasteiger partial charge < -0.3 is 14.5 Å². The quantitative estimate of drug-likeness (QED) is 0.770. The van der Waals surface area contributed by atoms with Gasteiger partial charge in [0.05, 0.1) is 7.11 Å². The van der Waals surface area contributed by atoms with E-state index in [2.05, 4.69) is 9.72 Å². The lowest BCUT2D eigenvalue weighted by Gasteiger charge is -2.38. The molecule has 1 atom stereocenters. The maximum Gasteiger partial charge on any atom is 0.325 e. The Kier molecular flexibility index (Phi) is 4.83. The van der Waals surface area contributed by atoms with Gasteiger partial charge in [-0.25, -0.2) is 9.37 Å². The molecule has 1 unspecified atom stereocenters. The number of amides is 2. The molecule has 3 rings (SSSR count). The molecular formula is C18H18FN3O4. The fraction of sp³-hybridized carbons (Fsp3) is 0.333. The number of para-hydroxylation sites is 1. The van der Waals surface area contributed by atoms with E-state index in [1.54, 1.807) is 25.1 Å². The van der Waals surface area contributed by atoms with Gasteiger partial charge in [-0.15, -0.1) is 0 Å². The molecule has 26 heavy (non-hydrogen) atoms. The summed E-state index contributed by atoms with van der Waals surface area (Å²) in [4.78, 5) is 43.5. The van der Waals surface area contributed by atoms with E-state index in [1.807, 2.05) is 0 Å². The number of hydrogen-bond donors (Lipinski definition) is 0. The van der Waals surface area contributed by atoms with Gasteiger partial charge in [-0.2, -0.15) is 0 Å². The van der Waals surface area contributed by atoms with E-state index in [0.29, 0.717) is 5.39 Å². The molecule has 1 saturated heterocycles. The second-order valence-electron chi connectivity index (χ2n) is 6.02. The number of pyridine rings is 1. The van der Waals surface area contributed by atoms with Gasteiger partial charge in [0.2, 0.25) is 5.91 Å². The summed E-state index contributed by atoms with van der Waals surface area (Å²) >= 11 is 0. The van der Waals surface area contributed by atoms with Crippen LogP contribution >= 0.6 is 0 Å². The predicted molar refractivity (Wildman–Crippen MR) is 90.8 cm³/mol. The first-order chi connectivity index (χ1) is 12.4. The van der Waals surface area contributed by atoms with Crippen molar-refractivity contribution in [2.24, 2.45) is 0 Å². The third-order valence-electron chi connectivity index (χ3n) is 4.45. The number of halogens is 1. The van der Waals surface area contributed by atoms with Crippen molar-refractivity contribution in [1.29, 1.82) is 0 Å². The summed E-state index contributed by atoms with van der Waals surface area (Å²) in [5.74, 6) is -1.82. The monoisotopic (exact) mass is 359 g/mol. The molecule has 0 saturated carbocycles. The number of piperazine rings is 1. The van der Waals surface area contributed by atoms with Crippen molar-refractivity contribution < 1.29 is 23.5 Å². The number of rotatable bonds is 3. The Morgan fingerprint density at radius 3 is 2.77 bits per heavy atom. The van der Waals surface area contributed by atoms with Crippen molar-refractivity contribution in [1.82, 2.24) is 14.8 Å². The van der Waals surface area contributed by atoms with E-state index in [9.17, 15) is 18.8 Å². The van der Waals surface area contributed by atoms with Gasteiger partial charge >= 0.3 is 5.97 Å². The first-order valence-electron chi connectivity index (χ1n) is 8.14. The summed E-state index contributed by atoms with van der Waals surface area (Å²) in [6.07, 6.45) is 0. The van der Waals surface area contributed by atoms with Gasteiger partial charge in [-0.1, -0.05) is 18.2 Å². The summed E-state index contributed by atoms with van der Waals surface area (Å²) in [5.41, 5.74) is 0.185. The van der Waals surface area contributed by atoms with Crippen molar-refractivity contribution in [2.45, 2.75) is 13.0 Å². The van der Waals surface area contributed by atoms with Crippen LogP contribution in [0.3, 0.4) is 0 Å². The number of methoxy groups -OCH3 is 1. The van der Waals surface area contributed by atoms with Crippen LogP contribution in [0.25, 0.3) is 10.9 Å². The molecular weight excluding hydrogens is 341 g/mol. The molecule has 136 valence electrons. The van der Waals surface area contributed by atoms with Crippen LogP contribution < -0.4 is 0 Å². The molecule has 2 amide bonds. The summed E-state index contributed by atoms with van der Waals surface area (Å²) in [7, 11) is 1.25. The number of aromatic nitrogens is 1. The van der Waals surface area contributed by atoms with E-state index in [-0.39, 0.29) is 36.8 Å². The van der Waals surface area contributed by atoms with Crippen molar-refractivity contribution in [3.8, 4) is 0 Å². The lowest BCUT2D eigenvalue weighted by atomic mass is 10.1. The largest absolute Gasteiger partial charge is 0.468 e. The lowest BCUT2D eigenvalue weighted by Crippen LogP contribution is -2.58. The molecule has 0 aliphatic carbocycles. The van der Waals surface area contributed by atoms with Crippen LogP contribution in [0.5, 0.6) is 0 Å². The Bertz CT molecular complexity index is 886. The first-order valence-corrected chi connectivity index (χ1v) is 8.14. The van der Waals surface area contributed by atoms with Crippen LogP contribution in [-0.4, -0.2) is 65.4 Å². The number of ether oxygens (including phenoxy) is 1. The number of hydrogen-bond acceptors (Lipinski definition) is 5. The number of carbonyl (C=O) groups is 3. The first kappa shape index (κ1) is 17.8. The predicted octanol–water partition coefficient (Wildman–Crippen LogP) is 1.22. The highest BCUT2D eigenvalue weighted by atomic mass is 19.1. The summed E-state index contributed by atoms with van der Waals surface area (Å²) < 4.78 is 18.5. The molecule has 7 nitrogen and oxygen atoms in total. The average molecular weight is 359 g/mol. The number of esters is 1. The molecule has 8 heteroatoms. The molecule has 2 aromatic rings. The average Bonchev–Trinajstić information content (AvgIpc) is 2.65. The Morgan fingerprint density at radius 1 is 1.27 bits per heavy atom. The zero-order chi connectivity index (χ0) is 18.8. The summed E-state index contributed by atoms with van der Waals surface area (Å²) in [5, 5.41) is 0.591. The molecule has 2 heterocycles. The normalized spacial score (nSPS) is 17.5. The molecule has 1 fully saturated rings.